The molecule has 68 valence electrons. The SMILES string of the molecule is O=C(CCl)C(=O)c1cccc(Cl)c1. The van der Waals surface area contributed by atoms with E-state index in [1.165, 1.54) is 12.1 Å². The molecule has 0 aliphatic carbocycles. The van der Waals surface area contributed by atoms with Crippen LogP contribution in [0, 0.1) is 0 Å². The number of hydrogen-bond acceptors (Lipinski definition) is 2. The van der Waals surface area contributed by atoms with E-state index in [-0.39, 0.29) is 11.4 Å². The van der Waals surface area contributed by atoms with Crippen molar-refractivity contribution in [2.45, 2.75) is 0 Å². The summed E-state index contributed by atoms with van der Waals surface area (Å²) in [6, 6.07) is 6.20. The molecular formula is C9H6Cl2O2. The highest BCUT2D eigenvalue weighted by Gasteiger charge is 2.14. The maximum atomic E-state index is 11.2. The fourth-order valence-corrected chi connectivity index (χ4v) is 1.16. The Bertz CT molecular complexity index is 347. The van der Waals surface area contributed by atoms with Gasteiger partial charge in [-0.05, 0) is 12.1 Å². The van der Waals surface area contributed by atoms with Crippen molar-refractivity contribution in [1.82, 2.24) is 0 Å². The summed E-state index contributed by atoms with van der Waals surface area (Å²) in [5.41, 5.74) is 0.276. The van der Waals surface area contributed by atoms with E-state index < -0.39 is 11.6 Å². The molecule has 1 rings (SSSR count). The van der Waals surface area contributed by atoms with Crippen molar-refractivity contribution >= 4 is 34.8 Å². The van der Waals surface area contributed by atoms with Gasteiger partial charge in [0.05, 0.1) is 5.88 Å². The van der Waals surface area contributed by atoms with Gasteiger partial charge in [-0.2, -0.15) is 0 Å². The van der Waals surface area contributed by atoms with Crippen LogP contribution in [0.15, 0.2) is 24.3 Å². The molecule has 0 amide bonds. The van der Waals surface area contributed by atoms with Crippen molar-refractivity contribution < 1.29 is 9.59 Å². The Morgan fingerprint density at radius 2 is 2.00 bits per heavy atom. The third kappa shape index (κ3) is 2.54. The number of Topliss-reactive ketones (excluding diaryl/α,β-unsaturated/α-hetero) is 2. The first-order valence-corrected chi connectivity index (χ1v) is 4.45. The van der Waals surface area contributed by atoms with E-state index in [0.717, 1.165) is 0 Å². The zero-order valence-corrected chi connectivity index (χ0v) is 8.10. The Hall–Kier alpha value is -0.860. The summed E-state index contributed by atoms with van der Waals surface area (Å²) < 4.78 is 0. The fraction of sp³-hybridized carbons (Fsp3) is 0.111. The van der Waals surface area contributed by atoms with Crippen molar-refractivity contribution in [3.63, 3.8) is 0 Å². The molecule has 1 aromatic carbocycles. The standard InChI is InChI=1S/C9H6Cl2O2/c10-5-8(12)9(13)6-2-1-3-7(11)4-6/h1-4H,5H2. The Kier molecular flexibility index (Phi) is 3.46. The molecule has 0 N–H and O–H groups in total. The van der Waals surface area contributed by atoms with Crippen LogP contribution in [0.2, 0.25) is 5.02 Å². The summed E-state index contributed by atoms with van der Waals surface area (Å²) in [7, 11) is 0. The molecule has 0 spiro atoms. The van der Waals surface area contributed by atoms with E-state index in [1.54, 1.807) is 12.1 Å². The van der Waals surface area contributed by atoms with Crippen LogP contribution in [-0.4, -0.2) is 17.4 Å². The molecular weight excluding hydrogens is 211 g/mol. The van der Waals surface area contributed by atoms with Gasteiger partial charge in [0.25, 0.3) is 0 Å². The molecule has 0 aromatic heterocycles. The maximum absolute atomic E-state index is 11.2. The molecule has 0 atom stereocenters. The van der Waals surface area contributed by atoms with Crippen LogP contribution in [0.4, 0.5) is 0 Å². The number of ketones is 2. The highest BCUT2D eigenvalue weighted by atomic mass is 35.5. The topological polar surface area (TPSA) is 34.1 Å². The number of hydrogen-bond donors (Lipinski definition) is 0. The molecule has 0 radical (unpaired) electrons. The summed E-state index contributed by atoms with van der Waals surface area (Å²) in [4.78, 5) is 22.1. The monoisotopic (exact) mass is 216 g/mol. The van der Waals surface area contributed by atoms with Gasteiger partial charge in [-0.1, -0.05) is 23.7 Å². The van der Waals surface area contributed by atoms with Gasteiger partial charge in [-0.25, -0.2) is 0 Å². The van der Waals surface area contributed by atoms with Crippen molar-refractivity contribution in [2.75, 3.05) is 5.88 Å². The molecule has 0 fully saturated rings. The van der Waals surface area contributed by atoms with Gasteiger partial charge < -0.3 is 0 Å². The van der Waals surface area contributed by atoms with E-state index in [4.69, 9.17) is 23.2 Å². The van der Waals surface area contributed by atoms with Crippen molar-refractivity contribution in [1.29, 1.82) is 0 Å². The van der Waals surface area contributed by atoms with Gasteiger partial charge >= 0.3 is 0 Å². The van der Waals surface area contributed by atoms with Crippen LogP contribution in [0.5, 0.6) is 0 Å². The second kappa shape index (κ2) is 4.40. The zero-order valence-electron chi connectivity index (χ0n) is 6.59. The minimum absolute atomic E-state index is 0.276. The Morgan fingerprint density at radius 3 is 2.54 bits per heavy atom. The molecule has 2 nitrogen and oxygen atoms in total. The molecule has 0 saturated heterocycles. The zero-order chi connectivity index (χ0) is 9.84. The molecule has 1 aromatic rings. The minimum atomic E-state index is -0.621. The second-order valence-electron chi connectivity index (χ2n) is 2.40. The van der Waals surface area contributed by atoms with Crippen molar-refractivity contribution in [2.24, 2.45) is 0 Å². The molecule has 0 bridgehead atoms. The van der Waals surface area contributed by atoms with Gasteiger partial charge in [-0.3, -0.25) is 9.59 Å². The van der Waals surface area contributed by atoms with Crippen LogP contribution in [-0.2, 0) is 4.79 Å². The molecule has 0 aliphatic heterocycles. The minimum Gasteiger partial charge on any atom is -0.289 e. The molecule has 0 saturated carbocycles. The van der Waals surface area contributed by atoms with Gasteiger partial charge in [0.1, 0.15) is 0 Å². The molecule has 4 heteroatoms. The lowest BCUT2D eigenvalue weighted by molar-refractivity contribution is -0.112. The molecule has 0 heterocycles. The highest BCUT2D eigenvalue weighted by Crippen LogP contribution is 2.11. The Labute approximate surface area is 85.5 Å². The predicted octanol–water partition coefficient (Wildman–Crippen LogP) is 2.33. The number of alkyl halides is 1. The normalized spacial score (nSPS) is 9.69. The lowest BCUT2D eigenvalue weighted by Crippen LogP contribution is -2.15. The van der Waals surface area contributed by atoms with E-state index in [0.29, 0.717) is 5.02 Å². The predicted molar refractivity (Wildman–Crippen MR) is 51.5 cm³/mol. The third-order valence-electron chi connectivity index (χ3n) is 1.46. The van der Waals surface area contributed by atoms with Crippen LogP contribution in [0.3, 0.4) is 0 Å². The summed E-state index contributed by atoms with van der Waals surface area (Å²) in [5.74, 6) is -1.52. The average molecular weight is 217 g/mol. The van der Waals surface area contributed by atoms with E-state index in [2.05, 4.69) is 0 Å². The summed E-state index contributed by atoms with van der Waals surface area (Å²) in [6.07, 6.45) is 0. The molecule has 0 aliphatic rings. The van der Waals surface area contributed by atoms with Gasteiger partial charge in [-0.15, -0.1) is 11.6 Å². The van der Waals surface area contributed by atoms with Crippen molar-refractivity contribution in [3.8, 4) is 0 Å². The quantitative estimate of drug-likeness (QED) is 0.442. The number of carbonyl (C=O) groups excluding carboxylic acids is 2. The number of rotatable bonds is 3. The summed E-state index contributed by atoms with van der Waals surface area (Å²) >= 11 is 10.9. The maximum Gasteiger partial charge on any atom is 0.229 e. The first kappa shape index (κ1) is 10.2. The van der Waals surface area contributed by atoms with Crippen LogP contribution in [0.25, 0.3) is 0 Å². The second-order valence-corrected chi connectivity index (χ2v) is 3.10. The number of benzene rings is 1. The van der Waals surface area contributed by atoms with E-state index in [1.807, 2.05) is 0 Å². The van der Waals surface area contributed by atoms with Gasteiger partial charge in [0, 0.05) is 10.6 Å². The van der Waals surface area contributed by atoms with Crippen LogP contribution in [0.1, 0.15) is 10.4 Å². The van der Waals surface area contributed by atoms with E-state index in [9.17, 15) is 9.59 Å². The highest BCUT2D eigenvalue weighted by molar-refractivity contribution is 6.51. The Balaban J connectivity index is 2.95. The first-order valence-electron chi connectivity index (χ1n) is 3.54. The molecule has 13 heavy (non-hydrogen) atoms. The lowest BCUT2D eigenvalue weighted by Gasteiger charge is -1.97. The van der Waals surface area contributed by atoms with Crippen molar-refractivity contribution in [3.05, 3.63) is 34.9 Å². The van der Waals surface area contributed by atoms with E-state index >= 15 is 0 Å². The first-order chi connectivity index (χ1) is 6.15. The number of carbonyl (C=O) groups is 2. The number of halogens is 2. The average Bonchev–Trinajstić information content (AvgIpc) is 2.15. The fourth-order valence-electron chi connectivity index (χ4n) is 0.851. The van der Waals surface area contributed by atoms with Gasteiger partial charge in [0.15, 0.2) is 0 Å². The largest absolute Gasteiger partial charge is 0.289 e. The molecule has 0 unspecified atom stereocenters. The van der Waals surface area contributed by atoms with Crippen LogP contribution >= 0.6 is 23.2 Å². The van der Waals surface area contributed by atoms with Gasteiger partial charge in [0.2, 0.25) is 11.6 Å². The summed E-state index contributed by atoms with van der Waals surface area (Å²) in [5, 5.41) is 0.424. The third-order valence-corrected chi connectivity index (χ3v) is 1.94. The van der Waals surface area contributed by atoms with Crippen LogP contribution < -0.4 is 0 Å². The lowest BCUT2D eigenvalue weighted by atomic mass is 10.1. The smallest absolute Gasteiger partial charge is 0.229 e. The Morgan fingerprint density at radius 1 is 1.31 bits per heavy atom. The summed E-state index contributed by atoms with van der Waals surface area (Å²) in [6.45, 7) is 0.